The fraction of sp³-hybridized carbons (Fsp3) is 0.150. The Bertz CT molecular complexity index is 945. The highest BCUT2D eigenvalue weighted by Crippen LogP contribution is 2.25. The molecule has 0 saturated carbocycles. The Balaban J connectivity index is 1.50. The maximum absolute atomic E-state index is 12.1. The van der Waals surface area contributed by atoms with E-state index in [1.165, 1.54) is 18.2 Å². The van der Waals surface area contributed by atoms with Crippen molar-refractivity contribution in [3.05, 3.63) is 76.5 Å². The first kappa shape index (κ1) is 19.0. The van der Waals surface area contributed by atoms with E-state index >= 15 is 0 Å². The zero-order chi connectivity index (χ0) is 19.9. The molecular formula is C20H17NO7. The van der Waals surface area contributed by atoms with Gasteiger partial charge < -0.3 is 18.6 Å². The van der Waals surface area contributed by atoms with Crippen LogP contribution in [0.25, 0.3) is 11.3 Å². The molecule has 0 atom stereocenters. The molecule has 0 spiro atoms. The minimum atomic E-state index is -0.619. The summed E-state index contributed by atoms with van der Waals surface area (Å²) in [4.78, 5) is 22.3. The van der Waals surface area contributed by atoms with Crippen molar-refractivity contribution in [2.24, 2.45) is 0 Å². The van der Waals surface area contributed by atoms with Gasteiger partial charge >= 0.3 is 5.97 Å². The lowest BCUT2D eigenvalue weighted by Crippen LogP contribution is -2.11. The van der Waals surface area contributed by atoms with Gasteiger partial charge in [-0.3, -0.25) is 10.1 Å². The lowest BCUT2D eigenvalue weighted by Gasteiger charge is -2.07. The predicted octanol–water partition coefficient (Wildman–Crippen LogP) is 4.10. The molecule has 28 heavy (non-hydrogen) atoms. The van der Waals surface area contributed by atoms with Gasteiger partial charge in [-0.1, -0.05) is 0 Å². The number of nitrogens with zero attached hydrogens (tertiary/aromatic N) is 1. The van der Waals surface area contributed by atoms with Crippen molar-refractivity contribution < 1.29 is 28.3 Å². The summed E-state index contributed by atoms with van der Waals surface area (Å²) >= 11 is 0. The van der Waals surface area contributed by atoms with Gasteiger partial charge in [-0.25, -0.2) is 4.79 Å². The van der Waals surface area contributed by atoms with Crippen molar-refractivity contribution in [3.8, 4) is 22.8 Å². The van der Waals surface area contributed by atoms with Gasteiger partial charge in [-0.05, 0) is 48.5 Å². The van der Waals surface area contributed by atoms with E-state index in [2.05, 4.69) is 0 Å². The number of hydrogen-bond donors (Lipinski definition) is 0. The molecule has 3 rings (SSSR count). The molecule has 0 aliphatic rings. The number of non-ortho nitro benzene ring substituents is 1. The first-order valence-electron chi connectivity index (χ1n) is 8.35. The second kappa shape index (κ2) is 8.72. The molecular weight excluding hydrogens is 366 g/mol. The van der Waals surface area contributed by atoms with Crippen molar-refractivity contribution >= 4 is 11.7 Å². The Morgan fingerprint density at radius 3 is 2.29 bits per heavy atom. The van der Waals surface area contributed by atoms with Crippen molar-refractivity contribution in [2.45, 2.75) is 0 Å². The third-order valence-electron chi connectivity index (χ3n) is 3.81. The molecule has 1 aromatic heterocycles. The minimum Gasteiger partial charge on any atom is -0.497 e. The molecule has 1 heterocycles. The molecule has 2 aromatic carbocycles. The molecule has 0 N–H and O–H groups in total. The smallest absolute Gasteiger partial charge is 0.374 e. The third kappa shape index (κ3) is 4.67. The Hall–Kier alpha value is -3.81. The molecule has 0 saturated heterocycles. The lowest BCUT2D eigenvalue weighted by atomic mass is 10.1. The Morgan fingerprint density at radius 2 is 1.64 bits per heavy atom. The van der Waals surface area contributed by atoms with Crippen LogP contribution in [0.5, 0.6) is 11.5 Å². The summed E-state index contributed by atoms with van der Waals surface area (Å²) in [5.41, 5.74) is 0.597. The Kier molecular flexibility index (Phi) is 5.91. The van der Waals surface area contributed by atoms with E-state index in [4.69, 9.17) is 18.6 Å². The highest BCUT2D eigenvalue weighted by Gasteiger charge is 2.14. The Labute approximate surface area is 160 Å². The van der Waals surface area contributed by atoms with Crippen molar-refractivity contribution in [2.75, 3.05) is 20.3 Å². The molecule has 0 aliphatic heterocycles. The molecule has 8 nitrogen and oxygen atoms in total. The summed E-state index contributed by atoms with van der Waals surface area (Å²) in [6, 6.07) is 16.0. The fourth-order valence-corrected chi connectivity index (χ4v) is 2.39. The first-order valence-corrected chi connectivity index (χ1v) is 8.35. The zero-order valence-corrected chi connectivity index (χ0v) is 15.0. The summed E-state index contributed by atoms with van der Waals surface area (Å²) in [6.07, 6.45) is 0. The number of ether oxygens (including phenoxy) is 3. The largest absolute Gasteiger partial charge is 0.497 e. The van der Waals surface area contributed by atoms with Crippen LogP contribution in [0, 0.1) is 10.1 Å². The number of nitro benzene ring substituents is 1. The van der Waals surface area contributed by atoms with Gasteiger partial charge in [0.1, 0.15) is 30.5 Å². The number of benzene rings is 2. The number of rotatable bonds is 8. The number of esters is 1. The van der Waals surface area contributed by atoms with E-state index in [0.717, 1.165) is 5.75 Å². The fourth-order valence-electron chi connectivity index (χ4n) is 2.39. The van der Waals surface area contributed by atoms with Gasteiger partial charge in [0.25, 0.3) is 5.69 Å². The first-order chi connectivity index (χ1) is 13.6. The van der Waals surface area contributed by atoms with Crippen LogP contribution < -0.4 is 9.47 Å². The molecule has 0 aliphatic carbocycles. The third-order valence-corrected chi connectivity index (χ3v) is 3.81. The maximum atomic E-state index is 12.1. The molecule has 0 bridgehead atoms. The summed E-state index contributed by atoms with van der Waals surface area (Å²) in [5, 5.41) is 10.7. The van der Waals surface area contributed by atoms with Gasteiger partial charge in [0.15, 0.2) is 0 Å². The van der Waals surface area contributed by atoms with Crippen LogP contribution in [-0.4, -0.2) is 31.2 Å². The molecule has 0 fully saturated rings. The van der Waals surface area contributed by atoms with Gasteiger partial charge in [0.2, 0.25) is 5.76 Å². The van der Waals surface area contributed by atoms with Crippen LogP contribution in [0.1, 0.15) is 10.6 Å². The second-order valence-electron chi connectivity index (χ2n) is 5.63. The van der Waals surface area contributed by atoms with Crippen LogP contribution in [0.15, 0.2) is 65.1 Å². The van der Waals surface area contributed by atoms with E-state index in [9.17, 15) is 14.9 Å². The predicted molar refractivity (Wildman–Crippen MR) is 99.6 cm³/mol. The van der Waals surface area contributed by atoms with Gasteiger partial charge in [-0.2, -0.15) is 0 Å². The summed E-state index contributed by atoms with van der Waals surface area (Å²) < 4.78 is 21.1. The lowest BCUT2D eigenvalue weighted by molar-refractivity contribution is -0.384. The monoisotopic (exact) mass is 383 g/mol. The summed E-state index contributed by atoms with van der Waals surface area (Å²) in [6.45, 7) is 0.242. The quantitative estimate of drug-likeness (QED) is 0.250. The number of hydrogen-bond acceptors (Lipinski definition) is 7. The molecule has 3 aromatic rings. The average molecular weight is 383 g/mol. The van der Waals surface area contributed by atoms with Crippen LogP contribution in [0.2, 0.25) is 0 Å². The van der Waals surface area contributed by atoms with Crippen LogP contribution in [0.3, 0.4) is 0 Å². The standard InChI is InChI=1S/C20H17NO7/c1-25-16-6-8-17(9-7-16)26-12-13-27-20(22)19-11-10-18(28-19)14-2-4-15(5-3-14)21(23)24/h2-11H,12-13H2,1H3. The molecule has 144 valence electrons. The topological polar surface area (TPSA) is 101 Å². The van der Waals surface area contributed by atoms with Crippen molar-refractivity contribution in [3.63, 3.8) is 0 Å². The number of methoxy groups -OCH3 is 1. The van der Waals surface area contributed by atoms with Crippen LogP contribution in [0.4, 0.5) is 5.69 Å². The summed E-state index contributed by atoms with van der Waals surface area (Å²) in [5.74, 6) is 1.19. The van der Waals surface area contributed by atoms with E-state index in [0.29, 0.717) is 17.1 Å². The van der Waals surface area contributed by atoms with Crippen molar-refractivity contribution in [1.82, 2.24) is 0 Å². The SMILES string of the molecule is COc1ccc(OCCOC(=O)c2ccc(-c3ccc([N+](=O)[O-])cc3)o2)cc1. The van der Waals surface area contributed by atoms with Gasteiger partial charge in [0.05, 0.1) is 12.0 Å². The Morgan fingerprint density at radius 1 is 0.964 bits per heavy atom. The van der Waals surface area contributed by atoms with E-state index in [1.54, 1.807) is 49.6 Å². The number of carbonyl (C=O) groups is 1. The maximum Gasteiger partial charge on any atom is 0.374 e. The molecule has 0 amide bonds. The number of furan rings is 1. The van der Waals surface area contributed by atoms with Gasteiger partial charge in [-0.15, -0.1) is 0 Å². The zero-order valence-electron chi connectivity index (χ0n) is 15.0. The minimum absolute atomic E-state index is 0.0215. The van der Waals surface area contributed by atoms with Crippen LogP contribution >= 0.6 is 0 Å². The van der Waals surface area contributed by atoms with E-state index in [1.807, 2.05) is 0 Å². The highest BCUT2D eigenvalue weighted by molar-refractivity contribution is 5.87. The van der Waals surface area contributed by atoms with Crippen LogP contribution in [-0.2, 0) is 4.74 Å². The van der Waals surface area contributed by atoms with Gasteiger partial charge in [0, 0.05) is 17.7 Å². The highest BCUT2D eigenvalue weighted by atomic mass is 16.6. The normalized spacial score (nSPS) is 10.3. The molecule has 0 unspecified atom stereocenters. The molecule has 8 heteroatoms. The summed E-state index contributed by atoms with van der Waals surface area (Å²) in [7, 11) is 1.58. The number of carbonyl (C=O) groups excluding carboxylic acids is 1. The molecule has 0 radical (unpaired) electrons. The average Bonchev–Trinajstić information content (AvgIpc) is 3.22. The van der Waals surface area contributed by atoms with E-state index in [-0.39, 0.29) is 24.7 Å². The second-order valence-corrected chi connectivity index (χ2v) is 5.63. The van der Waals surface area contributed by atoms with Crippen molar-refractivity contribution in [1.29, 1.82) is 0 Å². The van der Waals surface area contributed by atoms with E-state index < -0.39 is 10.9 Å². The number of nitro groups is 1.